The van der Waals surface area contributed by atoms with Crippen molar-refractivity contribution in [1.29, 1.82) is 0 Å². The number of hydrogen-bond donors (Lipinski definition) is 0. The SMILES string of the molecule is CCOCC[C@H]1COC(C)(C)N1C(=O)OC(C)(C)C. The number of amides is 1. The molecule has 1 amide bonds. The summed E-state index contributed by atoms with van der Waals surface area (Å²) in [4.78, 5) is 14.0. The van der Waals surface area contributed by atoms with Crippen molar-refractivity contribution in [2.24, 2.45) is 0 Å². The molecule has 5 heteroatoms. The molecule has 5 nitrogen and oxygen atoms in total. The van der Waals surface area contributed by atoms with E-state index >= 15 is 0 Å². The average molecular weight is 273 g/mol. The molecular formula is C14H27NO4. The van der Waals surface area contributed by atoms with Gasteiger partial charge in [-0.3, -0.25) is 4.90 Å². The first-order chi connectivity index (χ1) is 8.67. The smallest absolute Gasteiger partial charge is 0.412 e. The third-order valence-corrected chi connectivity index (χ3v) is 2.96. The summed E-state index contributed by atoms with van der Waals surface area (Å²) in [6.45, 7) is 13.2. The van der Waals surface area contributed by atoms with Crippen molar-refractivity contribution in [3.8, 4) is 0 Å². The fourth-order valence-electron chi connectivity index (χ4n) is 2.14. The Morgan fingerprint density at radius 2 is 2.05 bits per heavy atom. The van der Waals surface area contributed by atoms with Crippen LogP contribution in [0.5, 0.6) is 0 Å². The fourth-order valence-corrected chi connectivity index (χ4v) is 2.14. The Labute approximate surface area is 116 Å². The van der Waals surface area contributed by atoms with Crippen LogP contribution in [0.4, 0.5) is 4.79 Å². The molecule has 1 rings (SSSR count). The topological polar surface area (TPSA) is 48.0 Å². The van der Waals surface area contributed by atoms with Crippen LogP contribution in [0, 0.1) is 0 Å². The molecule has 1 aliphatic heterocycles. The molecule has 1 fully saturated rings. The van der Waals surface area contributed by atoms with E-state index in [0.717, 1.165) is 6.42 Å². The molecule has 19 heavy (non-hydrogen) atoms. The zero-order chi connectivity index (χ0) is 14.7. The van der Waals surface area contributed by atoms with Crippen LogP contribution < -0.4 is 0 Å². The third kappa shape index (κ3) is 4.66. The Balaban J connectivity index is 2.69. The number of nitrogens with zero attached hydrogens (tertiary/aromatic N) is 1. The normalized spacial score (nSPS) is 22.6. The summed E-state index contributed by atoms with van der Waals surface area (Å²) in [7, 11) is 0. The molecule has 0 aliphatic carbocycles. The van der Waals surface area contributed by atoms with E-state index < -0.39 is 11.3 Å². The predicted molar refractivity (Wildman–Crippen MR) is 73.0 cm³/mol. The van der Waals surface area contributed by atoms with Gasteiger partial charge in [-0.15, -0.1) is 0 Å². The molecule has 1 heterocycles. The van der Waals surface area contributed by atoms with E-state index in [4.69, 9.17) is 14.2 Å². The van der Waals surface area contributed by atoms with E-state index in [2.05, 4.69) is 0 Å². The van der Waals surface area contributed by atoms with Crippen LogP contribution in [0.1, 0.15) is 48.0 Å². The Kier molecular flexibility index (Phi) is 5.21. The van der Waals surface area contributed by atoms with Crippen molar-refractivity contribution in [3.05, 3.63) is 0 Å². The Morgan fingerprint density at radius 3 is 2.58 bits per heavy atom. The van der Waals surface area contributed by atoms with Crippen LogP contribution >= 0.6 is 0 Å². The van der Waals surface area contributed by atoms with E-state index in [0.29, 0.717) is 19.8 Å². The van der Waals surface area contributed by atoms with Gasteiger partial charge in [0.15, 0.2) is 0 Å². The van der Waals surface area contributed by atoms with Crippen molar-refractivity contribution < 1.29 is 19.0 Å². The van der Waals surface area contributed by atoms with Crippen molar-refractivity contribution >= 4 is 6.09 Å². The zero-order valence-electron chi connectivity index (χ0n) is 13.0. The molecule has 1 aliphatic rings. The molecule has 0 bridgehead atoms. The maximum Gasteiger partial charge on any atom is 0.412 e. The van der Waals surface area contributed by atoms with Gasteiger partial charge in [-0.25, -0.2) is 4.79 Å². The summed E-state index contributed by atoms with van der Waals surface area (Å²) >= 11 is 0. The number of carbonyl (C=O) groups is 1. The van der Waals surface area contributed by atoms with Crippen molar-refractivity contribution in [2.45, 2.75) is 65.3 Å². The molecule has 0 spiro atoms. The molecular weight excluding hydrogens is 246 g/mol. The number of carbonyl (C=O) groups excluding carboxylic acids is 1. The summed E-state index contributed by atoms with van der Waals surface area (Å²) in [5, 5.41) is 0. The van der Waals surface area contributed by atoms with E-state index in [1.807, 2.05) is 41.5 Å². The van der Waals surface area contributed by atoms with E-state index in [1.54, 1.807) is 4.90 Å². The minimum atomic E-state index is -0.626. The van der Waals surface area contributed by atoms with Gasteiger partial charge in [0.05, 0.1) is 12.6 Å². The number of rotatable bonds is 4. The molecule has 0 N–H and O–H groups in total. The summed E-state index contributed by atoms with van der Waals surface area (Å²) in [6.07, 6.45) is 0.438. The molecule has 0 unspecified atom stereocenters. The highest BCUT2D eigenvalue weighted by atomic mass is 16.6. The molecule has 1 saturated heterocycles. The highest BCUT2D eigenvalue weighted by molar-refractivity contribution is 5.69. The summed E-state index contributed by atoms with van der Waals surface area (Å²) in [5.74, 6) is 0. The quantitative estimate of drug-likeness (QED) is 0.739. The van der Waals surface area contributed by atoms with Gasteiger partial charge in [-0.05, 0) is 48.0 Å². The maximum atomic E-state index is 12.3. The van der Waals surface area contributed by atoms with Crippen LogP contribution in [0.2, 0.25) is 0 Å². The van der Waals surface area contributed by atoms with Gasteiger partial charge >= 0.3 is 6.09 Å². The molecule has 1 atom stereocenters. The molecule has 0 radical (unpaired) electrons. The lowest BCUT2D eigenvalue weighted by Crippen LogP contribution is -2.50. The standard InChI is InChI=1S/C14H27NO4/c1-7-17-9-8-11-10-18-14(5,6)15(11)12(16)19-13(2,3)4/h11H,7-10H2,1-6H3/t11-/m0/s1. The largest absolute Gasteiger partial charge is 0.444 e. The predicted octanol–water partition coefficient (Wildman–Crippen LogP) is 2.79. The average Bonchev–Trinajstić information content (AvgIpc) is 2.52. The third-order valence-electron chi connectivity index (χ3n) is 2.96. The van der Waals surface area contributed by atoms with Gasteiger partial charge in [0.1, 0.15) is 11.3 Å². The lowest BCUT2D eigenvalue weighted by molar-refractivity contribution is -0.0632. The summed E-state index contributed by atoms with van der Waals surface area (Å²) < 4.78 is 16.5. The first kappa shape index (κ1) is 16.2. The van der Waals surface area contributed by atoms with Gasteiger partial charge in [-0.2, -0.15) is 0 Å². The highest BCUT2D eigenvalue weighted by Crippen LogP contribution is 2.30. The lowest BCUT2D eigenvalue weighted by atomic mass is 10.1. The van der Waals surface area contributed by atoms with Crippen LogP contribution in [-0.2, 0) is 14.2 Å². The van der Waals surface area contributed by atoms with Gasteiger partial charge in [0, 0.05) is 13.2 Å². The van der Waals surface area contributed by atoms with Crippen molar-refractivity contribution in [1.82, 2.24) is 4.90 Å². The second-order valence-corrected chi connectivity index (χ2v) is 6.25. The van der Waals surface area contributed by atoms with Crippen LogP contribution in [-0.4, -0.2) is 48.2 Å². The van der Waals surface area contributed by atoms with Gasteiger partial charge in [0.2, 0.25) is 0 Å². The minimum absolute atomic E-state index is 0.0106. The summed E-state index contributed by atoms with van der Waals surface area (Å²) in [6, 6.07) is 0.0106. The number of hydrogen-bond acceptors (Lipinski definition) is 4. The second kappa shape index (κ2) is 6.09. The fraction of sp³-hybridized carbons (Fsp3) is 0.929. The molecule has 112 valence electrons. The Morgan fingerprint density at radius 1 is 1.42 bits per heavy atom. The summed E-state index contributed by atoms with van der Waals surface area (Å²) in [5.41, 5.74) is -1.13. The van der Waals surface area contributed by atoms with Crippen LogP contribution in [0.25, 0.3) is 0 Å². The van der Waals surface area contributed by atoms with E-state index in [-0.39, 0.29) is 12.1 Å². The monoisotopic (exact) mass is 273 g/mol. The highest BCUT2D eigenvalue weighted by Gasteiger charge is 2.45. The van der Waals surface area contributed by atoms with E-state index in [9.17, 15) is 4.79 Å². The molecule has 0 saturated carbocycles. The first-order valence-electron chi connectivity index (χ1n) is 6.91. The molecule has 0 aromatic rings. The number of ether oxygens (including phenoxy) is 3. The van der Waals surface area contributed by atoms with Gasteiger partial charge in [0.25, 0.3) is 0 Å². The molecule has 0 aromatic carbocycles. The minimum Gasteiger partial charge on any atom is -0.444 e. The Hall–Kier alpha value is -0.810. The lowest BCUT2D eigenvalue weighted by Gasteiger charge is -2.35. The van der Waals surface area contributed by atoms with E-state index in [1.165, 1.54) is 0 Å². The molecule has 0 aromatic heterocycles. The Bertz CT molecular complexity index is 309. The first-order valence-corrected chi connectivity index (χ1v) is 6.91. The van der Waals surface area contributed by atoms with Gasteiger partial charge in [-0.1, -0.05) is 0 Å². The van der Waals surface area contributed by atoms with Crippen molar-refractivity contribution in [3.63, 3.8) is 0 Å². The van der Waals surface area contributed by atoms with Crippen LogP contribution in [0.3, 0.4) is 0 Å². The second-order valence-electron chi connectivity index (χ2n) is 6.25. The van der Waals surface area contributed by atoms with Gasteiger partial charge < -0.3 is 14.2 Å². The van der Waals surface area contributed by atoms with Crippen molar-refractivity contribution in [2.75, 3.05) is 19.8 Å². The zero-order valence-corrected chi connectivity index (χ0v) is 13.0. The maximum absolute atomic E-state index is 12.3. The van der Waals surface area contributed by atoms with Crippen LogP contribution in [0.15, 0.2) is 0 Å².